The molecule has 1 amide bonds. The van der Waals surface area contributed by atoms with E-state index >= 15 is 0 Å². The topological polar surface area (TPSA) is 86.6 Å². The first-order valence-corrected chi connectivity index (χ1v) is 11.5. The minimum atomic E-state index is -0.410. The Morgan fingerprint density at radius 1 is 1.28 bits per heavy atom. The smallest absolute Gasteiger partial charge is 0.341 e. The first kappa shape index (κ1) is 22.1. The van der Waals surface area contributed by atoms with E-state index in [0.717, 1.165) is 35.1 Å². The molecule has 2 aromatic heterocycles. The fourth-order valence-electron chi connectivity index (χ4n) is 4.10. The van der Waals surface area contributed by atoms with Crippen LogP contribution in [0.1, 0.15) is 41.1 Å². The summed E-state index contributed by atoms with van der Waals surface area (Å²) in [6.07, 6.45) is 4.28. The van der Waals surface area contributed by atoms with Gasteiger partial charge in [-0.2, -0.15) is 0 Å². The summed E-state index contributed by atoms with van der Waals surface area (Å²) in [5.74, 6) is 0.424. The molecule has 0 fully saturated rings. The van der Waals surface area contributed by atoms with E-state index in [0.29, 0.717) is 27.6 Å². The van der Waals surface area contributed by atoms with Crippen molar-refractivity contribution in [3.05, 3.63) is 56.8 Å². The van der Waals surface area contributed by atoms with E-state index < -0.39 is 5.97 Å². The van der Waals surface area contributed by atoms with Crippen LogP contribution in [-0.4, -0.2) is 30.2 Å². The molecule has 2 heterocycles. The van der Waals surface area contributed by atoms with Gasteiger partial charge >= 0.3 is 5.97 Å². The molecule has 7 nitrogen and oxygen atoms in total. The maximum absolute atomic E-state index is 12.8. The Bertz CT molecular complexity index is 1240. The standard InChI is InChI=1S/C24H26N2O5S/c1-4-31-24(29)21-18-7-5-14(2)11-19(18)32-22(21)25-20(27)13-26-10-9-15-12-16(30-3)6-8-17(15)23(26)28/h6,8-10,12,14H,4-5,7,11,13H2,1-3H3,(H,25,27). The van der Waals surface area contributed by atoms with Gasteiger partial charge in [-0.05, 0) is 67.3 Å². The third-order valence-electron chi connectivity index (χ3n) is 5.74. The molecule has 0 bridgehead atoms. The Morgan fingerprint density at radius 3 is 2.84 bits per heavy atom. The van der Waals surface area contributed by atoms with E-state index in [-0.39, 0.29) is 24.6 Å². The fraction of sp³-hybridized carbons (Fsp3) is 0.375. The molecule has 1 aliphatic rings. The molecular weight excluding hydrogens is 428 g/mol. The summed E-state index contributed by atoms with van der Waals surface area (Å²) in [6, 6.07) is 6.97. The second-order valence-electron chi connectivity index (χ2n) is 8.03. The maximum Gasteiger partial charge on any atom is 0.341 e. The van der Waals surface area contributed by atoms with Gasteiger partial charge in [0.1, 0.15) is 17.3 Å². The number of amides is 1. The monoisotopic (exact) mass is 454 g/mol. The number of carbonyl (C=O) groups is 2. The van der Waals surface area contributed by atoms with Crippen LogP contribution >= 0.6 is 11.3 Å². The Hall–Kier alpha value is -3.13. The van der Waals surface area contributed by atoms with Gasteiger partial charge in [0.15, 0.2) is 0 Å². The Kier molecular flexibility index (Phi) is 6.32. The van der Waals surface area contributed by atoms with Crippen molar-refractivity contribution in [2.24, 2.45) is 5.92 Å². The minimum absolute atomic E-state index is 0.151. The summed E-state index contributed by atoms with van der Waals surface area (Å²) in [4.78, 5) is 39.5. The summed E-state index contributed by atoms with van der Waals surface area (Å²) in [5.41, 5.74) is 1.19. The highest BCUT2D eigenvalue weighted by molar-refractivity contribution is 7.17. The van der Waals surface area contributed by atoms with Crippen LogP contribution in [0.15, 0.2) is 35.3 Å². The fourth-order valence-corrected chi connectivity index (χ4v) is 5.51. The molecule has 1 N–H and O–H groups in total. The summed E-state index contributed by atoms with van der Waals surface area (Å²) in [6.45, 7) is 4.07. The zero-order chi connectivity index (χ0) is 22.8. The number of hydrogen-bond acceptors (Lipinski definition) is 6. The highest BCUT2D eigenvalue weighted by Gasteiger charge is 2.29. The van der Waals surface area contributed by atoms with E-state index in [1.54, 1.807) is 44.5 Å². The molecule has 0 spiro atoms. The third kappa shape index (κ3) is 4.27. The molecule has 168 valence electrons. The van der Waals surface area contributed by atoms with Gasteiger partial charge in [0.2, 0.25) is 5.91 Å². The van der Waals surface area contributed by atoms with Crippen LogP contribution in [0.2, 0.25) is 0 Å². The summed E-state index contributed by atoms with van der Waals surface area (Å²) >= 11 is 1.44. The lowest BCUT2D eigenvalue weighted by Crippen LogP contribution is -2.27. The van der Waals surface area contributed by atoms with Gasteiger partial charge in [-0.3, -0.25) is 9.59 Å². The van der Waals surface area contributed by atoms with Crippen LogP contribution in [0, 0.1) is 5.92 Å². The SMILES string of the molecule is CCOC(=O)c1c(NC(=O)Cn2ccc3cc(OC)ccc3c2=O)sc2c1CCC(C)C2. The van der Waals surface area contributed by atoms with Crippen molar-refractivity contribution in [1.29, 1.82) is 0 Å². The zero-order valence-corrected chi connectivity index (χ0v) is 19.2. The van der Waals surface area contributed by atoms with Crippen LogP contribution in [0.3, 0.4) is 0 Å². The molecule has 8 heteroatoms. The van der Waals surface area contributed by atoms with Crippen LogP contribution < -0.4 is 15.6 Å². The third-order valence-corrected chi connectivity index (χ3v) is 6.91. The number of thiophene rings is 1. The molecule has 32 heavy (non-hydrogen) atoms. The number of pyridine rings is 1. The van der Waals surface area contributed by atoms with Crippen molar-refractivity contribution >= 4 is 39.0 Å². The first-order valence-electron chi connectivity index (χ1n) is 10.7. The van der Waals surface area contributed by atoms with Crippen molar-refractivity contribution in [2.75, 3.05) is 19.0 Å². The second-order valence-corrected chi connectivity index (χ2v) is 9.13. The number of nitrogens with one attached hydrogen (secondary N) is 1. The van der Waals surface area contributed by atoms with Gasteiger partial charge in [-0.25, -0.2) is 4.79 Å². The lowest BCUT2D eigenvalue weighted by Gasteiger charge is -2.18. The molecule has 3 aromatic rings. The van der Waals surface area contributed by atoms with Crippen LogP contribution in [0.5, 0.6) is 5.75 Å². The number of benzene rings is 1. The van der Waals surface area contributed by atoms with Gasteiger partial charge in [-0.1, -0.05) is 6.92 Å². The lowest BCUT2D eigenvalue weighted by atomic mass is 9.88. The number of methoxy groups -OCH3 is 1. The van der Waals surface area contributed by atoms with E-state index in [1.807, 2.05) is 0 Å². The number of aromatic nitrogens is 1. The number of ether oxygens (including phenoxy) is 2. The predicted octanol–water partition coefficient (Wildman–Crippen LogP) is 4.01. The summed E-state index contributed by atoms with van der Waals surface area (Å²) in [7, 11) is 1.57. The van der Waals surface area contributed by atoms with Crippen molar-refractivity contribution in [3.8, 4) is 5.75 Å². The average Bonchev–Trinajstić information content (AvgIpc) is 3.12. The highest BCUT2D eigenvalue weighted by atomic mass is 32.1. The van der Waals surface area contributed by atoms with Gasteiger partial charge in [-0.15, -0.1) is 11.3 Å². The highest BCUT2D eigenvalue weighted by Crippen LogP contribution is 2.40. The number of hydrogen-bond donors (Lipinski definition) is 1. The normalized spacial score (nSPS) is 15.3. The van der Waals surface area contributed by atoms with Crippen LogP contribution in [-0.2, 0) is 28.9 Å². The maximum atomic E-state index is 12.8. The number of carbonyl (C=O) groups excluding carboxylic acids is 2. The van der Waals surface area contributed by atoms with Crippen molar-refractivity contribution in [1.82, 2.24) is 4.57 Å². The molecule has 1 atom stereocenters. The predicted molar refractivity (Wildman–Crippen MR) is 125 cm³/mol. The summed E-state index contributed by atoms with van der Waals surface area (Å²) < 4.78 is 11.8. The number of rotatable bonds is 6. The molecule has 1 aromatic carbocycles. The van der Waals surface area contributed by atoms with E-state index in [9.17, 15) is 14.4 Å². The van der Waals surface area contributed by atoms with Crippen LogP contribution in [0.25, 0.3) is 10.8 Å². The van der Waals surface area contributed by atoms with Crippen molar-refractivity contribution in [2.45, 2.75) is 39.7 Å². The van der Waals surface area contributed by atoms with Crippen LogP contribution in [0.4, 0.5) is 5.00 Å². The number of fused-ring (bicyclic) bond motifs is 2. The van der Waals surface area contributed by atoms with Crippen molar-refractivity contribution in [3.63, 3.8) is 0 Å². The van der Waals surface area contributed by atoms with Gasteiger partial charge in [0, 0.05) is 16.5 Å². The molecule has 0 radical (unpaired) electrons. The molecule has 0 aliphatic heterocycles. The number of anilines is 1. The van der Waals surface area contributed by atoms with Gasteiger partial charge < -0.3 is 19.4 Å². The Balaban J connectivity index is 1.60. The van der Waals surface area contributed by atoms with E-state index in [4.69, 9.17) is 9.47 Å². The minimum Gasteiger partial charge on any atom is -0.497 e. The molecule has 1 aliphatic carbocycles. The molecule has 0 saturated carbocycles. The molecule has 1 unspecified atom stereocenters. The lowest BCUT2D eigenvalue weighted by molar-refractivity contribution is -0.116. The summed E-state index contributed by atoms with van der Waals surface area (Å²) in [5, 5.41) is 4.62. The zero-order valence-electron chi connectivity index (χ0n) is 18.4. The Morgan fingerprint density at radius 2 is 2.09 bits per heavy atom. The molecule has 4 rings (SSSR count). The largest absolute Gasteiger partial charge is 0.497 e. The molecule has 0 saturated heterocycles. The van der Waals surface area contributed by atoms with Gasteiger partial charge in [0.05, 0.1) is 19.3 Å². The number of nitrogens with zero attached hydrogens (tertiary/aromatic N) is 1. The average molecular weight is 455 g/mol. The quantitative estimate of drug-likeness (QED) is 0.569. The molecular formula is C24H26N2O5S. The van der Waals surface area contributed by atoms with E-state index in [1.165, 1.54) is 15.9 Å². The Labute approximate surface area is 190 Å². The first-order chi connectivity index (χ1) is 15.4. The van der Waals surface area contributed by atoms with Gasteiger partial charge in [0.25, 0.3) is 5.56 Å². The van der Waals surface area contributed by atoms with E-state index in [2.05, 4.69) is 12.2 Å². The number of esters is 1. The van der Waals surface area contributed by atoms with Crippen molar-refractivity contribution < 1.29 is 19.1 Å². The second kappa shape index (κ2) is 9.16.